The van der Waals surface area contributed by atoms with Crippen molar-refractivity contribution in [3.05, 3.63) is 110 Å². The average Bonchev–Trinajstić information content (AvgIpc) is 2.78. The Morgan fingerprint density at radius 3 is 1.61 bits per heavy atom. The van der Waals surface area contributed by atoms with E-state index in [1.54, 1.807) is 0 Å². The maximum absolute atomic E-state index is 14.2. The van der Waals surface area contributed by atoms with Crippen LogP contribution in [0.3, 0.4) is 0 Å². The number of carbonyl (C=O) groups is 2. The molecular formula is C22H15FN4O6. The van der Waals surface area contributed by atoms with Crippen LogP contribution in [0, 0.1) is 26.0 Å². The predicted molar refractivity (Wildman–Crippen MR) is 118 cm³/mol. The first-order valence-corrected chi connectivity index (χ1v) is 9.33. The fourth-order valence-electron chi connectivity index (χ4n) is 2.84. The monoisotopic (exact) mass is 450 g/mol. The van der Waals surface area contributed by atoms with Crippen LogP contribution in [-0.2, 0) is 9.59 Å². The van der Waals surface area contributed by atoms with Crippen LogP contribution in [0.2, 0.25) is 0 Å². The molecule has 0 bridgehead atoms. The molecule has 10 nitrogen and oxygen atoms in total. The first kappa shape index (κ1) is 22.7. The number of amides is 2. The molecule has 0 saturated carbocycles. The first-order chi connectivity index (χ1) is 15.8. The summed E-state index contributed by atoms with van der Waals surface area (Å²) in [6, 6.07) is 15.8. The van der Waals surface area contributed by atoms with Crippen molar-refractivity contribution in [1.29, 1.82) is 0 Å². The van der Waals surface area contributed by atoms with E-state index >= 15 is 0 Å². The Kier molecular flexibility index (Phi) is 6.84. The summed E-state index contributed by atoms with van der Waals surface area (Å²) in [6.07, 6.45) is 0.948. The van der Waals surface area contributed by atoms with Crippen LogP contribution < -0.4 is 10.6 Å². The fraction of sp³-hybridized carbons (Fsp3) is 0. The SMILES string of the molecule is O=C(Nc1ccccc1[N+](=O)[O-])C(=Cc1ccccc1F)C(=O)Nc1ccccc1[N+](=O)[O-]. The van der Waals surface area contributed by atoms with Crippen molar-refractivity contribution in [3.63, 3.8) is 0 Å². The molecule has 3 rings (SSSR count). The molecule has 0 aliphatic carbocycles. The lowest BCUT2D eigenvalue weighted by Gasteiger charge is -2.11. The van der Waals surface area contributed by atoms with Gasteiger partial charge in [0.25, 0.3) is 23.2 Å². The minimum absolute atomic E-state index is 0.108. The van der Waals surface area contributed by atoms with Crippen LogP contribution >= 0.6 is 0 Å². The summed E-state index contributed by atoms with van der Waals surface area (Å²) in [7, 11) is 0. The van der Waals surface area contributed by atoms with E-state index in [-0.39, 0.29) is 16.9 Å². The van der Waals surface area contributed by atoms with Crippen molar-refractivity contribution in [2.45, 2.75) is 0 Å². The number of halogens is 1. The first-order valence-electron chi connectivity index (χ1n) is 9.33. The van der Waals surface area contributed by atoms with Crippen LogP contribution in [0.25, 0.3) is 6.08 Å². The topological polar surface area (TPSA) is 144 Å². The molecule has 0 saturated heterocycles. The van der Waals surface area contributed by atoms with Crippen molar-refractivity contribution in [3.8, 4) is 0 Å². The highest BCUT2D eigenvalue weighted by Crippen LogP contribution is 2.26. The average molecular weight is 450 g/mol. The largest absolute Gasteiger partial charge is 0.316 e. The van der Waals surface area contributed by atoms with Gasteiger partial charge in [0.05, 0.1) is 9.85 Å². The second kappa shape index (κ2) is 9.92. The lowest BCUT2D eigenvalue weighted by atomic mass is 10.1. The smallest absolute Gasteiger partial charge is 0.292 e. The highest BCUT2D eigenvalue weighted by molar-refractivity contribution is 6.29. The summed E-state index contributed by atoms with van der Waals surface area (Å²) in [6.45, 7) is 0. The van der Waals surface area contributed by atoms with Gasteiger partial charge in [0.1, 0.15) is 22.8 Å². The number of benzene rings is 3. The van der Waals surface area contributed by atoms with Crippen LogP contribution in [0.5, 0.6) is 0 Å². The van der Waals surface area contributed by atoms with Gasteiger partial charge in [0, 0.05) is 17.7 Å². The number of nitrogens with zero attached hydrogens (tertiary/aromatic N) is 2. The molecule has 3 aromatic carbocycles. The molecule has 2 amide bonds. The summed E-state index contributed by atoms with van der Waals surface area (Å²) in [4.78, 5) is 46.9. The lowest BCUT2D eigenvalue weighted by Crippen LogP contribution is -2.26. The second-order valence-corrected chi connectivity index (χ2v) is 6.54. The Bertz CT molecular complexity index is 1220. The number of nitro groups is 2. The van der Waals surface area contributed by atoms with Gasteiger partial charge in [-0.25, -0.2) is 4.39 Å². The van der Waals surface area contributed by atoms with Crippen LogP contribution in [-0.4, -0.2) is 21.7 Å². The Morgan fingerprint density at radius 1 is 0.727 bits per heavy atom. The van der Waals surface area contributed by atoms with Gasteiger partial charge in [-0.1, -0.05) is 42.5 Å². The standard InChI is InChI=1S/C22H15FN4O6/c23-16-8-2-1-7-14(16)13-15(21(28)24-17-9-3-5-11-19(17)26(30)31)22(29)25-18-10-4-6-12-20(18)27(32)33/h1-13H,(H,24,28)(H,25,29). The van der Waals surface area contributed by atoms with Gasteiger partial charge in [-0.15, -0.1) is 0 Å². The minimum atomic E-state index is -1.08. The highest BCUT2D eigenvalue weighted by Gasteiger charge is 2.24. The van der Waals surface area contributed by atoms with Gasteiger partial charge in [0.15, 0.2) is 0 Å². The van der Waals surface area contributed by atoms with E-state index in [9.17, 15) is 34.2 Å². The lowest BCUT2D eigenvalue weighted by molar-refractivity contribution is -0.384. The van der Waals surface area contributed by atoms with Crippen molar-refractivity contribution in [2.75, 3.05) is 10.6 Å². The van der Waals surface area contributed by atoms with E-state index in [4.69, 9.17) is 0 Å². The van der Waals surface area contributed by atoms with Crippen molar-refractivity contribution < 1.29 is 23.8 Å². The number of nitrogens with one attached hydrogen (secondary N) is 2. The van der Waals surface area contributed by atoms with Crippen LogP contribution in [0.15, 0.2) is 78.4 Å². The molecule has 3 aromatic rings. The number of rotatable bonds is 7. The zero-order valence-corrected chi connectivity index (χ0v) is 16.7. The zero-order chi connectivity index (χ0) is 24.0. The normalized spacial score (nSPS) is 10.1. The third-order valence-electron chi connectivity index (χ3n) is 4.39. The van der Waals surface area contributed by atoms with Gasteiger partial charge in [-0.2, -0.15) is 0 Å². The molecule has 0 atom stereocenters. The van der Waals surface area contributed by atoms with E-state index in [0.29, 0.717) is 0 Å². The van der Waals surface area contributed by atoms with E-state index in [2.05, 4.69) is 10.6 Å². The quantitative estimate of drug-likeness (QED) is 0.180. The highest BCUT2D eigenvalue weighted by atomic mass is 19.1. The third kappa shape index (κ3) is 5.41. The number of hydrogen-bond acceptors (Lipinski definition) is 6. The Labute approximate surface area is 185 Å². The van der Waals surface area contributed by atoms with Gasteiger partial charge in [-0.05, 0) is 24.3 Å². The molecule has 11 heteroatoms. The number of hydrogen-bond donors (Lipinski definition) is 2. The van der Waals surface area contributed by atoms with E-state index in [1.807, 2.05) is 0 Å². The maximum atomic E-state index is 14.2. The molecule has 0 aliphatic heterocycles. The molecule has 2 N–H and O–H groups in total. The predicted octanol–water partition coefficient (Wildman–Crippen LogP) is 4.30. The Balaban J connectivity index is 2.01. The number of nitro benzene ring substituents is 2. The molecule has 0 fully saturated rings. The third-order valence-corrected chi connectivity index (χ3v) is 4.39. The Morgan fingerprint density at radius 2 is 1.15 bits per heavy atom. The van der Waals surface area contributed by atoms with Crippen molar-refractivity contribution in [1.82, 2.24) is 0 Å². The number of carbonyl (C=O) groups excluding carboxylic acids is 2. The van der Waals surface area contributed by atoms with Gasteiger partial charge < -0.3 is 10.6 Å². The van der Waals surface area contributed by atoms with E-state index < -0.39 is 44.4 Å². The Hall–Kier alpha value is -4.93. The molecule has 166 valence electrons. The van der Waals surface area contributed by atoms with Crippen LogP contribution in [0.4, 0.5) is 27.1 Å². The van der Waals surface area contributed by atoms with Gasteiger partial charge in [0.2, 0.25) is 0 Å². The maximum Gasteiger partial charge on any atom is 0.292 e. The summed E-state index contributed by atoms with van der Waals surface area (Å²) in [5.74, 6) is -2.89. The van der Waals surface area contributed by atoms with Crippen LogP contribution in [0.1, 0.15) is 5.56 Å². The molecule has 0 unspecified atom stereocenters. The molecule has 0 aromatic heterocycles. The molecule has 0 heterocycles. The fourth-order valence-corrected chi connectivity index (χ4v) is 2.84. The second-order valence-electron chi connectivity index (χ2n) is 6.54. The van der Waals surface area contributed by atoms with E-state index in [0.717, 1.165) is 24.3 Å². The molecule has 0 radical (unpaired) electrons. The molecule has 33 heavy (non-hydrogen) atoms. The molecular weight excluding hydrogens is 435 g/mol. The number of para-hydroxylation sites is 4. The van der Waals surface area contributed by atoms with Crippen molar-refractivity contribution >= 4 is 40.6 Å². The summed E-state index contributed by atoms with van der Waals surface area (Å²) in [5.41, 5.74) is -1.96. The van der Waals surface area contributed by atoms with E-state index in [1.165, 1.54) is 54.6 Å². The zero-order valence-electron chi connectivity index (χ0n) is 16.7. The van der Waals surface area contributed by atoms with Gasteiger partial charge in [-0.3, -0.25) is 29.8 Å². The van der Waals surface area contributed by atoms with Crippen molar-refractivity contribution in [2.24, 2.45) is 0 Å². The molecule has 0 aliphatic rings. The summed E-state index contributed by atoms with van der Waals surface area (Å²) < 4.78 is 14.2. The molecule has 0 spiro atoms. The van der Waals surface area contributed by atoms with Gasteiger partial charge >= 0.3 is 0 Å². The number of anilines is 2. The minimum Gasteiger partial charge on any atom is -0.316 e. The summed E-state index contributed by atoms with van der Waals surface area (Å²) in [5, 5.41) is 27.0. The summed E-state index contributed by atoms with van der Waals surface area (Å²) >= 11 is 0.